The number of rotatable bonds is 6. The lowest BCUT2D eigenvalue weighted by Crippen LogP contribution is -2.48. The van der Waals surface area contributed by atoms with Crippen LogP contribution in [0.4, 0.5) is 0 Å². The number of aromatic nitrogens is 2. The van der Waals surface area contributed by atoms with Gasteiger partial charge >= 0.3 is 0 Å². The number of benzene rings is 1. The van der Waals surface area contributed by atoms with Crippen molar-refractivity contribution in [1.82, 2.24) is 20.0 Å². The highest BCUT2D eigenvalue weighted by atomic mass is 16.5. The molecule has 32 heavy (non-hydrogen) atoms. The number of carbonyl (C=O) groups excluding carboxylic acids is 1. The Balaban J connectivity index is 1.40. The number of ether oxygens (including phenoxy) is 3. The lowest BCUT2D eigenvalue weighted by atomic mass is 9.90. The average molecular weight is 443 g/mol. The van der Waals surface area contributed by atoms with Crippen LogP contribution < -0.4 is 9.47 Å². The molecule has 2 aliphatic rings. The maximum Gasteiger partial charge on any atom is 0.257 e. The molecule has 0 radical (unpaired) electrons. The molecule has 2 fully saturated rings. The van der Waals surface area contributed by atoms with E-state index in [1.807, 2.05) is 30.9 Å². The van der Waals surface area contributed by atoms with Gasteiger partial charge in [0.1, 0.15) is 0 Å². The maximum absolute atomic E-state index is 13.2. The molecule has 1 N–H and O–H groups in total. The number of H-pyrrole nitrogens is 1. The van der Waals surface area contributed by atoms with E-state index in [0.29, 0.717) is 24.6 Å². The molecule has 2 aliphatic heterocycles. The van der Waals surface area contributed by atoms with Gasteiger partial charge in [-0.2, -0.15) is 5.10 Å². The second-order valence-electron chi connectivity index (χ2n) is 8.87. The average Bonchev–Trinajstić information content (AvgIpc) is 3.28. The Hall–Kier alpha value is -2.58. The van der Waals surface area contributed by atoms with Gasteiger partial charge in [0.15, 0.2) is 11.5 Å². The van der Waals surface area contributed by atoms with Gasteiger partial charge in [-0.1, -0.05) is 12.1 Å². The SMILES string of the molecule is COc1cccc(CN2CCC(c3[nH]ncc3C(=O)N3CC(C)OC(C)C3)CC2)c1OC. The molecule has 1 aromatic carbocycles. The molecule has 8 nitrogen and oxygen atoms in total. The van der Waals surface area contributed by atoms with Gasteiger partial charge in [-0.25, -0.2) is 0 Å². The number of likely N-dealkylation sites (tertiary alicyclic amines) is 1. The molecule has 2 atom stereocenters. The third-order valence-electron chi connectivity index (χ3n) is 6.48. The number of nitrogens with one attached hydrogen (secondary N) is 1. The predicted molar refractivity (Wildman–Crippen MR) is 121 cm³/mol. The Kier molecular flexibility index (Phi) is 7.01. The third kappa shape index (κ3) is 4.76. The van der Waals surface area contributed by atoms with E-state index >= 15 is 0 Å². The number of hydrogen-bond acceptors (Lipinski definition) is 6. The van der Waals surface area contributed by atoms with Crippen LogP contribution in [0.1, 0.15) is 54.2 Å². The number of nitrogens with zero attached hydrogens (tertiary/aromatic N) is 3. The highest BCUT2D eigenvalue weighted by molar-refractivity contribution is 5.95. The Morgan fingerprint density at radius 3 is 2.53 bits per heavy atom. The van der Waals surface area contributed by atoms with Gasteiger partial charge in [0.05, 0.1) is 43.9 Å². The van der Waals surface area contributed by atoms with Crippen molar-refractivity contribution in [3.05, 3.63) is 41.2 Å². The number of aromatic amines is 1. The second-order valence-corrected chi connectivity index (χ2v) is 8.87. The highest BCUT2D eigenvalue weighted by Gasteiger charge is 2.31. The van der Waals surface area contributed by atoms with E-state index in [0.717, 1.165) is 55.2 Å². The molecule has 0 spiro atoms. The summed E-state index contributed by atoms with van der Waals surface area (Å²) in [6, 6.07) is 6.00. The lowest BCUT2D eigenvalue weighted by Gasteiger charge is -2.36. The largest absolute Gasteiger partial charge is 0.493 e. The van der Waals surface area contributed by atoms with Crippen molar-refractivity contribution >= 4 is 5.91 Å². The Morgan fingerprint density at radius 2 is 1.88 bits per heavy atom. The molecule has 174 valence electrons. The number of piperidine rings is 1. The summed E-state index contributed by atoms with van der Waals surface area (Å²) >= 11 is 0. The minimum absolute atomic E-state index is 0.0508. The molecule has 2 aromatic rings. The van der Waals surface area contributed by atoms with E-state index in [1.165, 1.54) is 0 Å². The summed E-state index contributed by atoms with van der Waals surface area (Å²) in [7, 11) is 3.34. The Bertz CT molecular complexity index is 912. The zero-order chi connectivity index (χ0) is 22.7. The van der Waals surface area contributed by atoms with Crippen molar-refractivity contribution in [1.29, 1.82) is 0 Å². The molecule has 0 aliphatic carbocycles. The monoisotopic (exact) mass is 442 g/mol. The van der Waals surface area contributed by atoms with Crippen molar-refractivity contribution in [3.8, 4) is 11.5 Å². The number of morpholine rings is 1. The third-order valence-corrected chi connectivity index (χ3v) is 6.48. The van der Waals surface area contributed by atoms with Gasteiger partial charge in [0.25, 0.3) is 5.91 Å². The summed E-state index contributed by atoms with van der Waals surface area (Å²) in [5.74, 6) is 1.91. The molecule has 1 amide bonds. The zero-order valence-electron chi connectivity index (χ0n) is 19.5. The van der Waals surface area contributed by atoms with Gasteiger partial charge in [-0.05, 0) is 45.8 Å². The van der Waals surface area contributed by atoms with Crippen LogP contribution in [0.2, 0.25) is 0 Å². The number of carbonyl (C=O) groups is 1. The topological polar surface area (TPSA) is 79.9 Å². The van der Waals surface area contributed by atoms with Crippen LogP contribution in [0.5, 0.6) is 11.5 Å². The number of amides is 1. The van der Waals surface area contributed by atoms with E-state index in [9.17, 15) is 4.79 Å². The number of hydrogen-bond donors (Lipinski definition) is 1. The molecular weight excluding hydrogens is 408 g/mol. The van der Waals surface area contributed by atoms with Gasteiger partial charge in [0, 0.05) is 31.1 Å². The van der Waals surface area contributed by atoms with Gasteiger partial charge in [-0.15, -0.1) is 0 Å². The zero-order valence-corrected chi connectivity index (χ0v) is 19.5. The van der Waals surface area contributed by atoms with Gasteiger partial charge < -0.3 is 19.1 Å². The fourth-order valence-electron chi connectivity index (χ4n) is 4.99. The standard InChI is InChI=1S/C24H34N4O4/c1-16-13-28(14-17(2)32-16)24(29)20-12-25-26-22(20)18-8-10-27(11-9-18)15-19-6-5-7-21(30-3)23(19)31-4/h5-7,12,16-18H,8-11,13-15H2,1-4H3,(H,25,26). The van der Waals surface area contributed by atoms with Crippen LogP contribution in [0.3, 0.4) is 0 Å². The first-order chi connectivity index (χ1) is 15.5. The molecule has 8 heteroatoms. The van der Waals surface area contributed by atoms with Crippen molar-refractivity contribution < 1.29 is 19.0 Å². The fourth-order valence-corrected chi connectivity index (χ4v) is 4.99. The van der Waals surface area contributed by atoms with Crippen molar-refractivity contribution in [2.45, 2.75) is 51.4 Å². The number of methoxy groups -OCH3 is 2. The Morgan fingerprint density at radius 1 is 1.16 bits per heavy atom. The summed E-state index contributed by atoms with van der Waals surface area (Å²) in [6.07, 6.45) is 3.75. The molecule has 0 bridgehead atoms. The predicted octanol–water partition coefficient (Wildman–Crippen LogP) is 3.06. The minimum atomic E-state index is 0.0508. The highest BCUT2D eigenvalue weighted by Crippen LogP contribution is 2.34. The van der Waals surface area contributed by atoms with Gasteiger partial charge in [0.2, 0.25) is 0 Å². The lowest BCUT2D eigenvalue weighted by molar-refractivity contribution is -0.0586. The maximum atomic E-state index is 13.2. The van der Waals surface area contributed by atoms with E-state index in [-0.39, 0.29) is 18.1 Å². The molecular formula is C24H34N4O4. The molecule has 2 saturated heterocycles. The molecule has 2 unspecified atom stereocenters. The first-order valence-corrected chi connectivity index (χ1v) is 11.4. The van der Waals surface area contributed by atoms with E-state index < -0.39 is 0 Å². The Labute approximate surface area is 189 Å². The molecule has 0 saturated carbocycles. The van der Waals surface area contributed by atoms with E-state index in [2.05, 4.69) is 21.2 Å². The van der Waals surface area contributed by atoms with Crippen LogP contribution in [-0.2, 0) is 11.3 Å². The summed E-state index contributed by atoms with van der Waals surface area (Å²) in [6.45, 7) is 7.97. The smallest absolute Gasteiger partial charge is 0.257 e. The van der Waals surface area contributed by atoms with Crippen LogP contribution >= 0.6 is 0 Å². The number of para-hydroxylation sites is 1. The second kappa shape index (κ2) is 9.92. The molecule has 1 aromatic heterocycles. The summed E-state index contributed by atoms with van der Waals surface area (Å²) in [4.78, 5) is 17.6. The van der Waals surface area contributed by atoms with Gasteiger partial charge in [-0.3, -0.25) is 14.8 Å². The van der Waals surface area contributed by atoms with Crippen LogP contribution in [0.15, 0.2) is 24.4 Å². The first-order valence-electron chi connectivity index (χ1n) is 11.4. The summed E-state index contributed by atoms with van der Waals surface area (Å²) < 4.78 is 16.8. The first kappa shape index (κ1) is 22.6. The molecule has 3 heterocycles. The fraction of sp³-hybridized carbons (Fsp3) is 0.583. The van der Waals surface area contributed by atoms with E-state index in [1.54, 1.807) is 20.4 Å². The minimum Gasteiger partial charge on any atom is -0.493 e. The normalized spacial score (nSPS) is 22.7. The quantitative estimate of drug-likeness (QED) is 0.741. The van der Waals surface area contributed by atoms with Crippen LogP contribution in [-0.4, -0.2) is 78.5 Å². The molecule has 4 rings (SSSR count). The van der Waals surface area contributed by atoms with E-state index in [4.69, 9.17) is 14.2 Å². The van der Waals surface area contributed by atoms with Crippen LogP contribution in [0.25, 0.3) is 0 Å². The summed E-state index contributed by atoms with van der Waals surface area (Å²) in [5, 5.41) is 7.36. The summed E-state index contributed by atoms with van der Waals surface area (Å²) in [5.41, 5.74) is 2.80. The van der Waals surface area contributed by atoms with Crippen LogP contribution in [0, 0.1) is 0 Å². The van der Waals surface area contributed by atoms with Crippen molar-refractivity contribution in [3.63, 3.8) is 0 Å². The van der Waals surface area contributed by atoms with Crippen molar-refractivity contribution in [2.75, 3.05) is 40.4 Å². The van der Waals surface area contributed by atoms with Crippen molar-refractivity contribution in [2.24, 2.45) is 0 Å².